The van der Waals surface area contributed by atoms with E-state index in [1.807, 2.05) is 0 Å². The van der Waals surface area contributed by atoms with Crippen LogP contribution in [-0.4, -0.2) is 41.9 Å². The molecule has 0 bridgehead atoms. The molecule has 0 aliphatic heterocycles. The molecule has 0 unspecified atom stereocenters. The molecule has 5 N–H and O–H groups in total. The summed E-state index contributed by atoms with van der Waals surface area (Å²) in [5.74, 6) is -2.16. The van der Waals surface area contributed by atoms with Gasteiger partial charge in [0, 0.05) is 11.2 Å². The molecule has 3 amide bonds. The molecule has 0 aliphatic rings. The van der Waals surface area contributed by atoms with E-state index in [0.717, 1.165) is 11.0 Å². The first-order chi connectivity index (χ1) is 17.4. The summed E-state index contributed by atoms with van der Waals surface area (Å²) in [4.78, 5) is 40.4. The van der Waals surface area contributed by atoms with Crippen molar-refractivity contribution in [3.63, 3.8) is 0 Å². The van der Waals surface area contributed by atoms with Gasteiger partial charge in [-0.05, 0) is 68.2 Å². The Kier molecular flexibility index (Phi) is 8.02. The van der Waals surface area contributed by atoms with Crippen molar-refractivity contribution in [1.29, 1.82) is 0 Å². The Balaban J connectivity index is 2.29. The lowest BCUT2D eigenvalue weighted by molar-refractivity contribution is -0.123. The van der Waals surface area contributed by atoms with Gasteiger partial charge in [0.25, 0.3) is 11.8 Å². The highest BCUT2D eigenvalue weighted by atomic mass is 32.1. The van der Waals surface area contributed by atoms with Gasteiger partial charge < -0.3 is 26.3 Å². The molecule has 10 nitrogen and oxygen atoms in total. The maximum absolute atomic E-state index is 14.4. The van der Waals surface area contributed by atoms with Crippen LogP contribution in [0.4, 0.5) is 15.8 Å². The molecule has 2 aromatic carbocycles. The van der Waals surface area contributed by atoms with Gasteiger partial charge in [0.05, 0.1) is 19.9 Å². The Morgan fingerprint density at radius 3 is 2.30 bits per heavy atom. The van der Waals surface area contributed by atoms with Gasteiger partial charge in [-0.15, -0.1) is 0 Å². The van der Waals surface area contributed by atoms with Gasteiger partial charge in [-0.3, -0.25) is 19.3 Å². The number of rotatable bonds is 8. The average molecular weight is 530 g/mol. The molecule has 0 aliphatic carbocycles. The summed E-state index contributed by atoms with van der Waals surface area (Å²) < 4.78 is 29.0. The first-order valence-electron chi connectivity index (χ1n) is 11.1. The van der Waals surface area contributed by atoms with Gasteiger partial charge in [-0.1, -0.05) is 12.1 Å². The standard InChI is InChI=1S/C25H28FN5O5S/c1-25(2,3)29-23(33)20(13-9-10-16(35-4)17(11-13)36-5)31(15-8-6-7-14(26)12-15)24(34)21-18(27)19(22(28)32)30-37-21/h6-12,20H,27H2,1-5H3,(H2,28,32)(H,29,33)/t20-/m1/s1. The number of methoxy groups -OCH3 is 2. The Labute approximate surface area is 217 Å². The summed E-state index contributed by atoms with van der Waals surface area (Å²) in [5, 5.41) is 2.88. The van der Waals surface area contributed by atoms with E-state index < -0.39 is 35.1 Å². The van der Waals surface area contributed by atoms with Crippen LogP contribution in [0.1, 0.15) is 52.5 Å². The van der Waals surface area contributed by atoms with E-state index in [1.165, 1.54) is 32.4 Å². The Hall–Kier alpha value is -4.19. The number of anilines is 2. The molecule has 0 radical (unpaired) electrons. The highest BCUT2D eigenvalue weighted by Crippen LogP contribution is 2.37. The lowest BCUT2D eigenvalue weighted by Gasteiger charge is -2.33. The third-order valence-corrected chi connectivity index (χ3v) is 6.04. The summed E-state index contributed by atoms with van der Waals surface area (Å²) in [5.41, 5.74) is 10.6. The molecule has 0 fully saturated rings. The number of benzene rings is 2. The van der Waals surface area contributed by atoms with Crippen molar-refractivity contribution < 1.29 is 28.2 Å². The van der Waals surface area contributed by atoms with Crippen molar-refractivity contribution in [3.05, 3.63) is 64.4 Å². The highest BCUT2D eigenvalue weighted by Gasteiger charge is 2.37. The third kappa shape index (κ3) is 5.97. The lowest BCUT2D eigenvalue weighted by Crippen LogP contribution is -2.49. The number of carbonyl (C=O) groups excluding carboxylic acids is 3. The predicted octanol–water partition coefficient (Wildman–Crippen LogP) is 3.28. The van der Waals surface area contributed by atoms with Crippen LogP contribution in [-0.2, 0) is 4.79 Å². The molecule has 0 saturated heterocycles. The first kappa shape index (κ1) is 27.4. The molecule has 196 valence electrons. The van der Waals surface area contributed by atoms with E-state index in [-0.39, 0.29) is 21.9 Å². The molecule has 0 spiro atoms. The maximum Gasteiger partial charge on any atom is 0.273 e. The number of aromatic nitrogens is 1. The number of nitrogens with two attached hydrogens (primary N) is 2. The Bertz CT molecular complexity index is 1340. The minimum atomic E-state index is -1.31. The van der Waals surface area contributed by atoms with Gasteiger partial charge in [-0.2, -0.15) is 4.37 Å². The van der Waals surface area contributed by atoms with Crippen molar-refractivity contribution >= 4 is 40.6 Å². The SMILES string of the molecule is COc1ccc([C@H](C(=O)NC(C)(C)C)N(C(=O)c2snc(C(N)=O)c2N)c2cccc(F)c2)cc1OC. The van der Waals surface area contributed by atoms with Crippen molar-refractivity contribution in [2.24, 2.45) is 5.73 Å². The number of nitrogen functional groups attached to an aromatic ring is 1. The Morgan fingerprint density at radius 1 is 1.08 bits per heavy atom. The monoisotopic (exact) mass is 529 g/mol. The maximum atomic E-state index is 14.4. The topological polar surface area (TPSA) is 150 Å². The number of carbonyl (C=O) groups is 3. The van der Waals surface area contributed by atoms with Crippen LogP contribution in [0.3, 0.4) is 0 Å². The molecular formula is C25H28FN5O5S. The Morgan fingerprint density at radius 2 is 1.76 bits per heavy atom. The van der Waals surface area contributed by atoms with Crippen LogP contribution in [0.5, 0.6) is 11.5 Å². The van der Waals surface area contributed by atoms with E-state index in [9.17, 15) is 18.8 Å². The quantitative estimate of drug-likeness (QED) is 0.405. The van der Waals surface area contributed by atoms with Crippen LogP contribution in [0.15, 0.2) is 42.5 Å². The predicted molar refractivity (Wildman–Crippen MR) is 138 cm³/mol. The van der Waals surface area contributed by atoms with E-state index in [1.54, 1.807) is 39.0 Å². The number of halogens is 1. The van der Waals surface area contributed by atoms with Crippen molar-refractivity contribution in [3.8, 4) is 11.5 Å². The highest BCUT2D eigenvalue weighted by molar-refractivity contribution is 7.09. The van der Waals surface area contributed by atoms with Crippen LogP contribution < -0.4 is 31.2 Å². The zero-order chi connectivity index (χ0) is 27.5. The normalized spacial score (nSPS) is 11.9. The first-order valence-corrected chi connectivity index (χ1v) is 11.8. The number of ether oxygens (including phenoxy) is 2. The van der Waals surface area contributed by atoms with Crippen LogP contribution in [0.25, 0.3) is 0 Å². The molecule has 1 heterocycles. The van der Waals surface area contributed by atoms with Gasteiger partial charge >= 0.3 is 0 Å². The van der Waals surface area contributed by atoms with E-state index in [2.05, 4.69) is 9.69 Å². The number of nitrogens with one attached hydrogen (secondary N) is 1. The molecular weight excluding hydrogens is 501 g/mol. The van der Waals surface area contributed by atoms with Gasteiger partial charge in [-0.25, -0.2) is 4.39 Å². The van der Waals surface area contributed by atoms with Gasteiger partial charge in [0.2, 0.25) is 5.91 Å². The van der Waals surface area contributed by atoms with Crippen molar-refractivity contribution in [2.75, 3.05) is 24.9 Å². The van der Waals surface area contributed by atoms with E-state index in [0.29, 0.717) is 28.6 Å². The zero-order valence-corrected chi connectivity index (χ0v) is 21.8. The summed E-state index contributed by atoms with van der Waals surface area (Å²) in [7, 11) is 2.90. The van der Waals surface area contributed by atoms with E-state index >= 15 is 0 Å². The summed E-state index contributed by atoms with van der Waals surface area (Å²) in [6, 6.07) is 8.63. The minimum absolute atomic E-state index is 0.0715. The zero-order valence-electron chi connectivity index (χ0n) is 21.0. The molecule has 3 aromatic rings. The number of primary amides is 1. The van der Waals surface area contributed by atoms with Crippen LogP contribution in [0, 0.1) is 5.82 Å². The number of amides is 3. The molecule has 37 heavy (non-hydrogen) atoms. The third-order valence-electron chi connectivity index (χ3n) is 5.19. The fraction of sp³-hybridized carbons (Fsp3) is 0.280. The van der Waals surface area contributed by atoms with Crippen LogP contribution >= 0.6 is 11.5 Å². The second kappa shape index (κ2) is 10.8. The molecule has 1 aromatic heterocycles. The minimum Gasteiger partial charge on any atom is -0.493 e. The van der Waals surface area contributed by atoms with Gasteiger partial charge in [0.1, 0.15) is 16.7 Å². The van der Waals surface area contributed by atoms with Crippen molar-refractivity contribution in [1.82, 2.24) is 9.69 Å². The second-order valence-corrected chi connectivity index (χ2v) is 9.82. The summed E-state index contributed by atoms with van der Waals surface area (Å²) in [6.45, 7) is 5.35. The molecule has 0 saturated carbocycles. The van der Waals surface area contributed by atoms with Gasteiger partial charge in [0.15, 0.2) is 17.2 Å². The summed E-state index contributed by atoms with van der Waals surface area (Å²) in [6.07, 6.45) is 0. The molecule has 12 heteroatoms. The van der Waals surface area contributed by atoms with Crippen molar-refractivity contribution in [2.45, 2.75) is 32.4 Å². The smallest absolute Gasteiger partial charge is 0.273 e. The van der Waals surface area contributed by atoms with Crippen LogP contribution in [0.2, 0.25) is 0 Å². The average Bonchev–Trinajstić information content (AvgIpc) is 3.22. The summed E-state index contributed by atoms with van der Waals surface area (Å²) >= 11 is 0.654. The van der Waals surface area contributed by atoms with E-state index in [4.69, 9.17) is 20.9 Å². The number of nitrogens with zero attached hydrogens (tertiary/aromatic N) is 2. The lowest BCUT2D eigenvalue weighted by atomic mass is 9.99. The largest absolute Gasteiger partial charge is 0.493 e. The number of hydrogen-bond acceptors (Lipinski definition) is 8. The number of hydrogen-bond donors (Lipinski definition) is 3. The fourth-order valence-electron chi connectivity index (χ4n) is 3.63. The molecule has 1 atom stereocenters. The fourth-order valence-corrected chi connectivity index (χ4v) is 4.37. The molecule has 3 rings (SSSR count). The second-order valence-electron chi connectivity index (χ2n) is 9.05.